The maximum atomic E-state index is 11.2. The maximum absolute atomic E-state index is 11.2. The lowest BCUT2D eigenvalue weighted by molar-refractivity contribution is -0.158. The van der Waals surface area contributed by atoms with E-state index in [-0.39, 0.29) is 0 Å². The first-order valence-electron chi connectivity index (χ1n) is 4.03. The van der Waals surface area contributed by atoms with Crippen LogP contribution < -0.4 is 0 Å². The monoisotopic (exact) mass is 238 g/mol. The molecule has 0 aliphatic heterocycles. The zero-order valence-corrected chi connectivity index (χ0v) is 9.89. The quantitative estimate of drug-likeness (QED) is 0.418. The lowest BCUT2D eigenvalue weighted by Gasteiger charge is -2.17. The highest BCUT2D eigenvalue weighted by Gasteiger charge is 2.34. The van der Waals surface area contributed by atoms with E-state index in [1.807, 2.05) is 0 Å². The van der Waals surface area contributed by atoms with Crippen LogP contribution in [0.25, 0.3) is 0 Å². The normalized spacial score (nSPS) is 12.4. The molecule has 0 N–H and O–H groups in total. The first-order valence-corrected chi connectivity index (χ1v) is 5.18. The number of carbonyl (C=O) groups is 2. The Kier molecular flexibility index (Phi) is 6.82. The molecule has 1 unspecified atom stereocenters. The van der Waals surface area contributed by atoms with Gasteiger partial charge in [0.1, 0.15) is 0 Å². The fourth-order valence-corrected chi connectivity index (χ4v) is 1.82. The van der Waals surface area contributed by atoms with Gasteiger partial charge in [-0.1, -0.05) is 0 Å². The average molecular weight is 238 g/mol. The fraction of sp³-hybridized carbons (Fsp3) is 0.750. The van der Waals surface area contributed by atoms with Gasteiger partial charge >= 0.3 is 11.9 Å². The second-order valence-corrected chi connectivity index (χ2v) is 3.71. The standard InChI is InChI=1S/C8H14O4S2/c1-11-7(9)6(8(10)12-2)5(14)3-4-13/h5-6,13-14H,3-4H2,1-2H3. The van der Waals surface area contributed by atoms with Crippen molar-refractivity contribution >= 4 is 37.2 Å². The van der Waals surface area contributed by atoms with Gasteiger partial charge in [0.15, 0.2) is 5.92 Å². The lowest BCUT2D eigenvalue weighted by Crippen LogP contribution is -2.34. The Balaban J connectivity index is 4.54. The summed E-state index contributed by atoms with van der Waals surface area (Å²) < 4.78 is 8.98. The number of ether oxygens (including phenoxy) is 2. The van der Waals surface area contributed by atoms with Gasteiger partial charge in [-0.25, -0.2) is 0 Å². The van der Waals surface area contributed by atoms with E-state index in [0.29, 0.717) is 12.2 Å². The first kappa shape index (κ1) is 13.6. The molecule has 0 bridgehead atoms. The largest absolute Gasteiger partial charge is 0.468 e. The molecular weight excluding hydrogens is 224 g/mol. The summed E-state index contributed by atoms with van der Waals surface area (Å²) in [6.45, 7) is 0. The van der Waals surface area contributed by atoms with Crippen LogP contribution in [0.5, 0.6) is 0 Å². The zero-order chi connectivity index (χ0) is 11.1. The minimum Gasteiger partial charge on any atom is -0.468 e. The second-order valence-electron chi connectivity index (χ2n) is 2.60. The van der Waals surface area contributed by atoms with Crippen LogP contribution in [0, 0.1) is 5.92 Å². The molecule has 0 spiro atoms. The van der Waals surface area contributed by atoms with Gasteiger partial charge in [-0.15, -0.1) is 0 Å². The van der Waals surface area contributed by atoms with E-state index in [9.17, 15) is 9.59 Å². The second kappa shape index (κ2) is 7.00. The van der Waals surface area contributed by atoms with Gasteiger partial charge < -0.3 is 9.47 Å². The van der Waals surface area contributed by atoms with Crippen LogP contribution in [0.3, 0.4) is 0 Å². The van der Waals surface area contributed by atoms with Gasteiger partial charge in [-0.05, 0) is 12.2 Å². The van der Waals surface area contributed by atoms with Gasteiger partial charge in [-0.2, -0.15) is 25.3 Å². The topological polar surface area (TPSA) is 52.6 Å². The molecule has 0 saturated carbocycles. The van der Waals surface area contributed by atoms with Crippen molar-refractivity contribution in [3.05, 3.63) is 0 Å². The van der Waals surface area contributed by atoms with Gasteiger partial charge in [0.2, 0.25) is 0 Å². The van der Waals surface area contributed by atoms with E-state index < -0.39 is 23.1 Å². The van der Waals surface area contributed by atoms with E-state index in [0.717, 1.165) is 0 Å². The third kappa shape index (κ3) is 3.79. The molecule has 4 nitrogen and oxygen atoms in total. The van der Waals surface area contributed by atoms with E-state index in [2.05, 4.69) is 34.7 Å². The minimum atomic E-state index is -0.972. The van der Waals surface area contributed by atoms with Gasteiger partial charge in [0, 0.05) is 5.25 Å². The summed E-state index contributed by atoms with van der Waals surface area (Å²) >= 11 is 8.14. The summed E-state index contributed by atoms with van der Waals surface area (Å²) in [7, 11) is 2.44. The van der Waals surface area contributed by atoms with Crippen molar-refractivity contribution in [1.29, 1.82) is 0 Å². The Bertz CT molecular complexity index is 192. The third-order valence-electron chi connectivity index (χ3n) is 1.72. The van der Waals surface area contributed by atoms with Crippen LogP contribution in [0.1, 0.15) is 6.42 Å². The van der Waals surface area contributed by atoms with Crippen LogP contribution in [0.4, 0.5) is 0 Å². The van der Waals surface area contributed by atoms with Crippen molar-refractivity contribution < 1.29 is 19.1 Å². The predicted molar refractivity (Wildman–Crippen MR) is 58.8 cm³/mol. The molecule has 0 saturated heterocycles. The zero-order valence-electron chi connectivity index (χ0n) is 8.10. The number of rotatable bonds is 5. The lowest BCUT2D eigenvalue weighted by atomic mass is 10.0. The summed E-state index contributed by atoms with van der Waals surface area (Å²) in [5.41, 5.74) is 0. The van der Waals surface area contributed by atoms with E-state index >= 15 is 0 Å². The fourth-order valence-electron chi connectivity index (χ4n) is 0.963. The van der Waals surface area contributed by atoms with E-state index in [1.165, 1.54) is 14.2 Å². The first-order chi connectivity index (χ1) is 6.58. The number of thiol groups is 2. The molecule has 0 rings (SSSR count). The van der Waals surface area contributed by atoms with Crippen LogP contribution in [0.2, 0.25) is 0 Å². The van der Waals surface area contributed by atoms with E-state index in [1.54, 1.807) is 0 Å². The molecule has 0 aromatic carbocycles. The Labute approximate surface area is 94.2 Å². The van der Waals surface area contributed by atoms with Crippen molar-refractivity contribution in [2.75, 3.05) is 20.0 Å². The van der Waals surface area contributed by atoms with Gasteiger partial charge in [-0.3, -0.25) is 9.59 Å². The highest BCUT2D eigenvalue weighted by molar-refractivity contribution is 7.81. The van der Waals surface area contributed by atoms with Crippen LogP contribution in [-0.4, -0.2) is 37.2 Å². The molecule has 0 aliphatic rings. The average Bonchev–Trinajstić information content (AvgIpc) is 2.17. The molecule has 6 heteroatoms. The molecule has 0 radical (unpaired) electrons. The Hall–Kier alpha value is -0.360. The summed E-state index contributed by atoms with van der Waals surface area (Å²) in [5.74, 6) is -1.68. The van der Waals surface area contributed by atoms with Crippen LogP contribution in [0.15, 0.2) is 0 Å². The Morgan fingerprint density at radius 1 is 1.21 bits per heavy atom. The van der Waals surface area contributed by atoms with Crippen molar-refractivity contribution in [2.24, 2.45) is 5.92 Å². The molecule has 82 valence electrons. The number of methoxy groups -OCH3 is 2. The summed E-state index contributed by atoms with van der Waals surface area (Å²) in [6.07, 6.45) is 0.529. The molecule has 14 heavy (non-hydrogen) atoms. The highest BCUT2D eigenvalue weighted by atomic mass is 32.1. The van der Waals surface area contributed by atoms with Gasteiger partial charge in [0.05, 0.1) is 14.2 Å². The van der Waals surface area contributed by atoms with Crippen molar-refractivity contribution in [3.63, 3.8) is 0 Å². The highest BCUT2D eigenvalue weighted by Crippen LogP contribution is 2.18. The van der Waals surface area contributed by atoms with Gasteiger partial charge in [0.25, 0.3) is 0 Å². The third-order valence-corrected chi connectivity index (χ3v) is 2.53. The molecule has 0 aromatic heterocycles. The molecule has 0 amide bonds. The summed E-state index contributed by atoms with van der Waals surface area (Å²) in [4.78, 5) is 22.5. The summed E-state index contributed by atoms with van der Waals surface area (Å²) in [5, 5.41) is -0.424. The van der Waals surface area contributed by atoms with Crippen molar-refractivity contribution in [2.45, 2.75) is 11.7 Å². The molecule has 0 aliphatic carbocycles. The Morgan fingerprint density at radius 3 is 1.93 bits per heavy atom. The van der Waals surface area contributed by atoms with E-state index in [4.69, 9.17) is 0 Å². The molecule has 0 fully saturated rings. The predicted octanol–water partition coefficient (Wildman–Crippen LogP) is 0.567. The number of esters is 2. The Morgan fingerprint density at radius 2 is 1.64 bits per heavy atom. The van der Waals surface area contributed by atoms with Crippen LogP contribution >= 0.6 is 25.3 Å². The molecule has 0 aromatic rings. The number of hydrogen-bond donors (Lipinski definition) is 2. The molecule has 0 heterocycles. The summed E-state index contributed by atoms with van der Waals surface area (Å²) in [6, 6.07) is 0. The molecular formula is C8H14O4S2. The number of hydrogen-bond acceptors (Lipinski definition) is 6. The van der Waals surface area contributed by atoms with Crippen LogP contribution in [-0.2, 0) is 19.1 Å². The number of carbonyl (C=O) groups excluding carboxylic acids is 2. The maximum Gasteiger partial charge on any atom is 0.321 e. The van der Waals surface area contributed by atoms with Crippen molar-refractivity contribution in [1.82, 2.24) is 0 Å². The SMILES string of the molecule is COC(=O)C(C(=O)OC)C(S)CCS. The molecule has 1 atom stereocenters. The smallest absolute Gasteiger partial charge is 0.321 e. The minimum absolute atomic E-state index is 0.424. The van der Waals surface area contributed by atoms with Crippen molar-refractivity contribution in [3.8, 4) is 0 Å².